The Morgan fingerprint density at radius 1 is 1.30 bits per heavy atom. The Hall–Kier alpha value is -2.01. The smallest absolute Gasteiger partial charge is 0.165 e. The highest BCUT2D eigenvalue weighted by molar-refractivity contribution is 5.57. The second-order valence-electron chi connectivity index (χ2n) is 4.76. The van der Waals surface area contributed by atoms with E-state index in [0.717, 1.165) is 11.3 Å². The lowest BCUT2D eigenvalue weighted by Gasteiger charge is -2.09. The first-order chi connectivity index (χ1) is 9.60. The number of methoxy groups -OCH3 is 1. The van der Waals surface area contributed by atoms with Crippen LogP contribution in [0.1, 0.15) is 19.5 Å². The quantitative estimate of drug-likeness (QED) is 0.911. The molecule has 5 heteroatoms. The van der Waals surface area contributed by atoms with E-state index in [1.807, 2.05) is 6.07 Å². The summed E-state index contributed by atoms with van der Waals surface area (Å²) in [5.74, 6) is 0.358. The molecule has 0 saturated carbocycles. The van der Waals surface area contributed by atoms with Crippen molar-refractivity contribution in [3.8, 4) is 17.1 Å². The third kappa shape index (κ3) is 3.51. The number of rotatable bonds is 5. The predicted octanol–water partition coefficient (Wildman–Crippen LogP) is 2.79. The molecule has 0 radical (unpaired) electrons. The predicted molar refractivity (Wildman–Crippen MR) is 76.0 cm³/mol. The first-order valence-electron chi connectivity index (χ1n) is 6.49. The number of hydrogen-bond acceptors (Lipinski definition) is 4. The van der Waals surface area contributed by atoms with Gasteiger partial charge in [0.15, 0.2) is 17.4 Å². The Kier molecular flexibility index (Phi) is 4.63. The van der Waals surface area contributed by atoms with E-state index in [1.165, 1.54) is 13.2 Å². The second-order valence-corrected chi connectivity index (χ2v) is 4.76. The summed E-state index contributed by atoms with van der Waals surface area (Å²) in [4.78, 5) is 8.69. The molecule has 106 valence electrons. The molecule has 1 N–H and O–H groups in total. The molecule has 20 heavy (non-hydrogen) atoms. The van der Waals surface area contributed by atoms with E-state index in [1.54, 1.807) is 18.3 Å². The molecule has 0 spiro atoms. The Bertz CT molecular complexity index is 587. The van der Waals surface area contributed by atoms with Crippen LogP contribution in [0, 0.1) is 5.82 Å². The molecule has 4 nitrogen and oxygen atoms in total. The van der Waals surface area contributed by atoms with E-state index in [2.05, 4.69) is 29.1 Å². The van der Waals surface area contributed by atoms with Crippen molar-refractivity contribution in [1.29, 1.82) is 0 Å². The minimum Gasteiger partial charge on any atom is -0.494 e. The number of nitrogens with zero attached hydrogens (tertiary/aromatic N) is 2. The lowest BCUT2D eigenvalue weighted by molar-refractivity contribution is 0.386. The van der Waals surface area contributed by atoms with Crippen molar-refractivity contribution in [3.05, 3.63) is 42.0 Å². The van der Waals surface area contributed by atoms with Gasteiger partial charge >= 0.3 is 0 Å². The summed E-state index contributed by atoms with van der Waals surface area (Å²) in [5.41, 5.74) is 1.63. The van der Waals surface area contributed by atoms with Crippen LogP contribution in [0.5, 0.6) is 5.75 Å². The van der Waals surface area contributed by atoms with E-state index in [-0.39, 0.29) is 5.75 Å². The third-order valence-electron chi connectivity index (χ3n) is 2.81. The van der Waals surface area contributed by atoms with Gasteiger partial charge < -0.3 is 10.1 Å². The molecule has 1 aromatic heterocycles. The summed E-state index contributed by atoms with van der Waals surface area (Å²) in [6, 6.07) is 6.85. The number of hydrogen-bond donors (Lipinski definition) is 1. The van der Waals surface area contributed by atoms with Crippen LogP contribution in [0.3, 0.4) is 0 Å². The van der Waals surface area contributed by atoms with E-state index in [0.29, 0.717) is 18.4 Å². The largest absolute Gasteiger partial charge is 0.494 e. The van der Waals surface area contributed by atoms with Gasteiger partial charge in [0.05, 0.1) is 12.8 Å². The number of ether oxygens (including phenoxy) is 1. The van der Waals surface area contributed by atoms with Gasteiger partial charge in [-0.2, -0.15) is 0 Å². The molecule has 0 aliphatic carbocycles. The van der Waals surface area contributed by atoms with E-state index < -0.39 is 5.82 Å². The molecule has 1 aromatic carbocycles. The maximum Gasteiger partial charge on any atom is 0.165 e. The topological polar surface area (TPSA) is 47.0 Å². The van der Waals surface area contributed by atoms with Crippen LogP contribution in [0.2, 0.25) is 0 Å². The molecule has 0 amide bonds. The SMILES string of the molecule is COc1cc(-c2nccc(CNC(C)C)n2)ccc1F. The van der Waals surface area contributed by atoms with Crippen molar-refractivity contribution in [2.24, 2.45) is 0 Å². The van der Waals surface area contributed by atoms with E-state index in [9.17, 15) is 4.39 Å². The number of halogens is 1. The van der Waals surface area contributed by atoms with Gasteiger partial charge in [-0.05, 0) is 24.3 Å². The average Bonchev–Trinajstić information content (AvgIpc) is 2.46. The van der Waals surface area contributed by atoms with Crippen LogP contribution >= 0.6 is 0 Å². The highest BCUT2D eigenvalue weighted by atomic mass is 19.1. The minimum atomic E-state index is -0.395. The highest BCUT2D eigenvalue weighted by Gasteiger charge is 2.08. The van der Waals surface area contributed by atoms with Crippen molar-refractivity contribution < 1.29 is 9.13 Å². The first kappa shape index (κ1) is 14.4. The number of nitrogens with one attached hydrogen (secondary N) is 1. The normalized spacial score (nSPS) is 10.8. The number of benzene rings is 1. The lowest BCUT2D eigenvalue weighted by atomic mass is 10.2. The van der Waals surface area contributed by atoms with Crippen molar-refractivity contribution >= 4 is 0 Å². The molecule has 0 fully saturated rings. The van der Waals surface area contributed by atoms with Crippen molar-refractivity contribution in [2.45, 2.75) is 26.4 Å². The van der Waals surface area contributed by atoms with Gasteiger partial charge in [0.1, 0.15) is 0 Å². The summed E-state index contributed by atoms with van der Waals surface area (Å²) in [6.07, 6.45) is 1.70. The molecule has 0 unspecified atom stereocenters. The molecule has 0 saturated heterocycles. The monoisotopic (exact) mass is 275 g/mol. The molecule has 2 rings (SSSR count). The number of aromatic nitrogens is 2. The van der Waals surface area contributed by atoms with E-state index >= 15 is 0 Å². The van der Waals surface area contributed by atoms with Gasteiger partial charge in [0.2, 0.25) is 0 Å². The Balaban J connectivity index is 2.26. The Morgan fingerprint density at radius 3 is 2.80 bits per heavy atom. The first-order valence-corrected chi connectivity index (χ1v) is 6.49. The van der Waals surface area contributed by atoms with Crippen molar-refractivity contribution in [3.63, 3.8) is 0 Å². The van der Waals surface area contributed by atoms with Crippen LogP contribution < -0.4 is 10.1 Å². The molecular formula is C15H18FN3O. The van der Waals surface area contributed by atoms with Gasteiger partial charge in [-0.1, -0.05) is 13.8 Å². The lowest BCUT2D eigenvalue weighted by Crippen LogP contribution is -2.22. The molecular weight excluding hydrogens is 257 g/mol. The van der Waals surface area contributed by atoms with Crippen LogP contribution in [0.15, 0.2) is 30.5 Å². The minimum absolute atomic E-state index is 0.191. The van der Waals surface area contributed by atoms with Gasteiger partial charge in [0.25, 0.3) is 0 Å². The molecule has 0 aliphatic heterocycles. The Morgan fingerprint density at radius 2 is 2.10 bits per heavy atom. The molecule has 0 bridgehead atoms. The standard InChI is InChI=1S/C15H18FN3O/c1-10(2)18-9-12-6-7-17-15(19-12)11-4-5-13(16)14(8-11)20-3/h4-8,10,18H,9H2,1-3H3. The zero-order valence-electron chi connectivity index (χ0n) is 11.9. The fourth-order valence-electron chi connectivity index (χ4n) is 1.74. The second kappa shape index (κ2) is 6.43. The molecule has 2 aromatic rings. The fraction of sp³-hybridized carbons (Fsp3) is 0.333. The third-order valence-corrected chi connectivity index (χ3v) is 2.81. The van der Waals surface area contributed by atoms with Crippen molar-refractivity contribution in [2.75, 3.05) is 7.11 Å². The van der Waals surface area contributed by atoms with E-state index in [4.69, 9.17) is 4.74 Å². The summed E-state index contributed by atoms with van der Waals surface area (Å²) < 4.78 is 18.4. The summed E-state index contributed by atoms with van der Waals surface area (Å²) in [6.45, 7) is 4.82. The van der Waals surface area contributed by atoms with Gasteiger partial charge in [0, 0.05) is 24.3 Å². The molecule has 1 heterocycles. The molecule has 0 atom stereocenters. The van der Waals surface area contributed by atoms with Crippen LogP contribution in [0.25, 0.3) is 11.4 Å². The maximum absolute atomic E-state index is 13.4. The maximum atomic E-state index is 13.4. The van der Waals surface area contributed by atoms with Gasteiger partial charge in [-0.15, -0.1) is 0 Å². The summed E-state index contributed by atoms with van der Waals surface area (Å²) >= 11 is 0. The molecule has 0 aliphatic rings. The van der Waals surface area contributed by atoms with Crippen LogP contribution in [-0.2, 0) is 6.54 Å². The Labute approximate surface area is 118 Å². The van der Waals surface area contributed by atoms with Gasteiger partial charge in [-0.3, -0.25) is 0 Å². The van der Waals surface area contributed by atoms with Crippen molar-refractivity contribution in [1.82, 2.24) is 15.3 Å². The average molecular weight is 275 g/mol. The fourth-order valence-corrected chi connectivity index (χ4v) is 1.74. The highest BCUT2D eigenvalue weighted by Crippen LogP contribution is 2.23. The van der Waals surface area contributed by atoms with Gasteiger partial charge in [-0.25, -0.2) is 14.4 Å². The zero-order valence-corrected chi connectivity index (χ0v) is 11.9. The van der Waals surface area contributed by atoms with Crippen LogP contribution in [-0.4, -0.2) is 23.1 Å². The van der Waals surface area contributed by atoms with Crippen LogP contribution in [0.4, 0.5) is 4.39 Å². The zero-order chi connectivity index (χ0) is 14.5. The summed E-state index contributed by atoms with van der Waals surface area (Å²) in [7, 11) is 1.44. The summed E-state index contributed by atoms with van der Waals surface area (Å²) in [5, 5.41) is 3.30.